The van der Waals surface area contributed by atoms with Gasteiger partial charge in [0.1, 0.15) is 5.82 Å². The lowest BCUT2D eigenvalue weighted by Crippen LogP contribution is -2.38. The number of primary amides is 1. The fraction of sp³-hybridized carbons (Fsp3) is 0.484. The van der Waals surface area contributed by atoms with E-state index in [1.807, 2.05) is 18.3 Å². The quantitative estimate of drug-likeness (QED) is 0.240. The molecule has 0 unspecified atom stereocenters. The van der Waals surface area contributed by atoms with Crippen molar-refractivity contribution in [1.29, 1.82) is 0 Å². The van der Waals surface area contributed by atoms with Crippen molar-refractivity contribution in [1.82, 2.24) is 14.6 Å². The second-order valence-corrected chi connectivity index (χ2v) is 13.7. The van der Waals surface area contributed by atoms with Gasteiger partial charge < -0.3 is 25.9 Å². The van der Waals surface area contributed by atoms with Crippen LogP contribution in [0.5, 0.6) is 0 Å². The van der Waals surface area contributed by atoms with Crippen molar-refractivity contribution in [2.75, 3.05) is 38.6 Å². The summed E-state index contributed by atoms with van der Waals surface area (Å²) in [6.45, 7) is 5.57. The maximum atomic E-state index is 14.7. The zero-order valence-corrected chi connectivity index (χ0v) is 26.1. The first kappa shape index (κ1) is 35.3. The number of aromatic nitrogens is 1. The molecule has 10 nitrogen and oxygen atoms in total. The Balaban J connectivity index is 0.000000617. The molecule has 3 aromatic rings. The topological polar surface area (TPSA) is 155 Å². The van der Waals surface area contributed by atoms with Gasteiger partial charge in [-0.15, -0.1) is 0 Å². The van der Waals surface area contributed by atoms with Gasteiger partial charge in [0.05, 0.1) is 16.8 Å². The summed E-state index contributed by atoms with van der Waals surface area (Å²) in [5.74, 6) is -2.86. The molecule has 0 spiro atoms. The Morgan fingerprint density at radius 2 is 1.70 bits per heavy atom. The summed E-state index contributed by atoms with van der Waals surface area (Å²) in [5.41, 5.74) is 10.0. The number of aromatic amines is 1. The van der Waals surface area contributed by atoms with E-state index in [2.05, 4.69) is 10.3 Å². The van der Waals surface area contributed by atoms with Gasteiger partial charge >= 0.3 is 12.1 Å². The molecule has 15 heteroatoms. The van der Waals surface area contributed by atoms with Crippen molar-refractivity contribution in [3.8, 4) is 11.1 Å². The van der Waals surface area contributed by atoms with Crippen LogP contribution in [0.15, 0.2) is 36.5 Å². The number of sulfonamides is 1. The predicted molar refractivity (Wildman–Crippen MR) is 164 cm³/mol. The fourth-order valence-electron chi connectivity index (χ4n) is 5.87. The number of carboxylic acid groups (broad SMARTS) is 1. The Kier molecular flexibility index (Phi) is 11.5. The molecule has 3 heterocycles. The number of H-pyrrole nitrogens is 1. The van der Waals surface area contributed by atoms with Crippen LogP contribution in [0.25, 0.3) is 22.0 Å². The van der Waals surface area contributed by atoms with Crippen LogP contribution in [0.2, 0.25) is 0 Å². The molecule has 5 rings (SSSR count). The molecule has 1 amide bonds. The molecule has 0 radical (unpaired) electrons. The summed E-state index contributed by atoms with van der Waals surface area (Å²) in [6.07, 6.45) is 0.247. The molecule has 2 aliphatic rings. The van der Waals surface area contributed by atoms with Crippen LogP contribution in [0.4, 0.5) is 17.6 Å². The van der Waals surface area contributed by atoms with Crippen molar-refractivity contribution in [3.05, 3.63) is 59.0 Å². The third-order valence-electron chi connectivity index (χ3n) is 8.38. The van der Waals surface area contributed by atoms with Crippen LogP contribution in [-0.2, 0) is 26.1 Å². The van der Waals surface area contributed by atoms with Crippen LogP contribution in [-0.4, -0.2) is 79.5 Å². The molecule has 2 aromatic carbocycles. The van der Waals surface area contributed by atoms with Crippen LogP contribution < -0.4 is 11.1 Å². The van der Waals surface area contributed by atoms with Crippen LogP contribution in [0.3, 0.4) is 0 Å². The predicted octanol–water partition coefficient (Wildman–Crippen LogP) is 4.75. The summed E-state index contributed by atoms with van der Waals surface area (Å²) in [5, 5.41) is 11.4. The number of carbonyl (C=O) groups is 2. The van der Waals surface area contributed by atoms with E-state index in [4.69, 9.17) is 20.4 Å². The number of carboxylic acids is 1. The SMILES string of the molecule is CCS(=O)(=O)N1CCC(c2c[nH]c3c(C(N)=O)cc(-c4cc(F)cc(CNCC5CCOCC5)c4)cc23)CC1.O=C(O)C(F)(F)F. The number of piperidine rings is 1. The van der Waals surface area contributed by atoms with Crippen molar-refractivity contribution in [2.45, 2.75) is 51.2 Å². The van der Waals surface area contributed by atoms with Gasteiger partial charge in [-0.1, -0.05) is 0 Å². The average Bonchev–Trinajstić information content (AvgIpc) is 3.45. The largest absolute Gasteiger partial charge is 0.490 e. The normalized spacial score (nSPS) is 17.1. The van der Waals surface area contributed by atoms with Gasteiger partial charge in [0.2, 0.25) is 10.0 Å². The number of ether oxygens (including phenoxy) is 1. The lowest BCUT2D eigenvalue weighted by molar-refractivity contribution is -0.192. The summed E-state index contributed by atoms with van der Waals surface area (Å²) < 4.78 is 78.1. The minimum absolute atomic E-state index is 0.0940. The number of amides is 1. The molecule has 0 saturated carbocycles. The molecule has 2 saturated heterocycles. The van der Waals surface area contributed by atoms with E-state index in [1.54, 1.807) is 17.3 Å². The van der Waals surface area contributed by atoms with E-state index in [1.165, 1.54) is 12.1 Å². The van der Waals surface area contributed by atoms with E-state index in [0.717, 1.165) is 49.1 Å². The second kappa shape index (κ2) is 14.9. The van der Waals surface area contributed by atoms with E-state index >= 15 is 0 Å². The van der Waals surface area contributed by atoms with E-state index in [-0.39, 0.29) is 17.5 Å². The first-order valence-corrected chi connectivity index (χ1v) is 16.6. The van der Waals surface area contributed by atoms with Gasteiger partial charge in [-0.05, 0) is 104 Å². The molecule has 252 valence electrons. The van der Waals surface area contributed by atoms with Gasteiger partial charge in [0, 0.05) is 44.4 Å². The molecule has 2 fully saturated rings. The van der Waals surface area contributed by atoms with Gasteiger partial charge in [-0.2, -0.15) is 13.2 Å². The van der Waals surface area contributed by atoms with Crippen LogP contribution >= 0.6 is 0 Å². The van der Waals surface area contributed by atoms with Gasteiger partial charge in [0.15, 0.2) is 0 Å². The maximum absolute atomic E-state index is 14.7. The average molecular weight is 671 g/mol. The van der Waals surface area contributed by atoms with Gasteiger partial charge in [-0.25, -0.2) is 21.9 Å². The van der Waals surface area contributed by atoms with Crippen LogP contribution in [0.1, 0.15) is 60.0 Å². The molecular weight excluding hydrogens is 632 g/mol. The lowest BCUT2D eigenvalue weighted by Gasteiger charge is -2.31. The monoisotopic (exact) mass is 670 g/mol. The summed E-state index contributed by atoms with van der Waals surface area (Å²) in [4.78, 5) is 24.6. The number of rotatable bonds is 9. The molecule has 46 heavy (non-hydrogen) atoms. The minimum Gasteiger partial charge on any atom is -0.475 e. The molecular formula is C31H38F4N4O6S. The number of hydrogen-bond donors (Lipinski definition) is 4. The standard InChI is InChI=1S/C29H37FN4O4S.C2HF3O2/c1-2-39(36,37)34-7-3-21(4-8-34)27-18-33-28-25(27)14-23(15-26(28)29(31)35)22-11-20(12-24(30)13-22)17-32-16-19-5-9-38-10-6-19;3-2(4,5)1(6)7/h11-15,18-19,21,32-33H,2-10,16-17H2,1H3,(H2,31,35);(H,6,7). The van der Waals surface area contributed by atoms with Gasteiger partial charge in [0.25, 0.3) is 5.91 Å². The molecule has 0 atom stereocenters. The highest BCUT2D eigenvalue weighted by Crippen LogP contribution is 2.37. The lowest BCUT2D eigenvalue weighted by atomic mass is 9.88. The Morgan fingerprint density at radius 1 is 1.07 bits per heavy atom. The molecule has 0 aliphatic carbocycles. The number of nitrogens with two attached hydrogens (primary N) is 1. The number of alkyl halides is 3. The number of halogens is 4. The summed E-state index contributed by atoms with van der Waals surface area (Å²) in [6, 6.07) is 8.67. The van der Waals surface area contributed by atoms with Crippen LogP contribution in [0, 0.1) is 11.7 Å². The van der Waals surface area contributed by atoms with Crippen molar-refractivity contribution in [2.24, 2.45) is 11.7 Å². The first-order chi connectivity index (χ1) is 21.7. The highest BCUT2D eigenvalue weighted by Gasteiger charge is 2.38. The number of fused-ring (bicyclic) bond motifs is 1. The summed E-state index contributed by atoms with van der Waals surface area (Å²) in [7, 11) is -3.22. The van der Waals surface area contributed by atoms with E-state index < -0.39 is 28.1 Å². The number of benzene rings is 2. The number of nitrogens with one attached hydrogen (secondary N) is 2. The molecule has 5 N–H and O–H groups in total. The van der Waals surface area contributed by atoms with E-state index in [9.17, 15) is 30.8 Å². The zero-order valence-electron chi connectivity index (χ0n) is 25.3. The Hall–Kier alpha value is -3.53. The van der Waals surface area contributed by atoms with Crippen molar-refractivity contribution >= 4 is 32.8 Å². The molecule has 1 aromatic heterocycles. The first-order valence-electron chi connectivity index (χ1n) is 15.0. The number of aliphatic carboxylic acids is 1. The van der Waals surface area contributed by atoms with Gasteiger partial charge in [-0.3, -0.25) is 4.79 Å². The third kappa shape index (κ3) is 8.84. The highest BCUT2D eigenvalue weighted by molar-refractivity contribution is 7.89. The van der Waals surface area contributed by atoms with Crippen molar-refractivity contribution in [3.63, 3.8) is 0 Å². The number of hydrogen-bond acceptors (Lipinski definition) is 6. The summed E-state index contributed by atoms with van der Waals surface area (Å²) >= 11 is 0. The molecule has 2 aliphatic heterocycles. The smallest absolute Gasteiger partial charge is 0.475 e. The third-order valence-corrected chi connectivity index (χ3v) is 10.3. The second-order valence-electron chi connectivity index (χ2n) is 11.5. The van der Waals surface area contributed by atoms with Crippen molar-refractivity contribution < 1.29 is 45.4 Å². The van der Waals surface area contributed by atoms with E-state index in [0.29, 0.717) is 60.6 Å². The Bertz CT molecular complexity index is 1650. The molecule has 0 bridgehead atoms. The number of carbonyl (C=O) groups excluding carboxylic acids is 1. The number of nitrogens with zero attached hydrogens (tertiary/aromatic N) is 1. The highest BCUT2D eigenvalue weighted by atomic mass is 32.2. The minimum atomic E-state index is -5.08. The zero-order chi connectivity index (χ0) is 33.6. The maximum Gasteiger partial charge on any atom is 0.490 e. The Labute approximate surface area is 264 Å². The Morgan fingerprint density at radius 3 is 2.28 bits per heavy atom. The fourth-order valence-corrected chi connectivity index (χ4v) is 7.00.